The van der Waals surface area contributed by atoms with Gasteiger partial charge in [-0.25, -0.2) is 12.4 Å². The Labute approximate surface area is 194 Å². The molecule has 1 aromatic heterocycles. The van der Waals surface area contributed by atoms with E-state index in [-0.39, 0.29) is 12.3 Å². The van der Waals surface area contributed by atoms with Crippen LogP contribution in [0.3, 0.4) is 0 Å². The third-order valence-electron chi connectivity index (χ3n) is 7.42. The molecule has 1 N–H and O–H groups in total. The standard InChI is InChI=1S/C26H30N2O4S/c1-18-11-13-20(14-12-18)33(31,32)28-17-23(21-7-2-3-8-25(21)28)22-16-19-6-4-9-24(22)27(19)15-5-10-26(29)30/h2-3,7-8,11-14,17,19,22,24H,4-6,9-10,15-16H2,1H3,(H,29,30). The number of rotatable bonds is 7. The molecule has 2 saturated heterocycles. The van der Waals surface area contributed by atoms with E-state index in [1.54, 1.807) is 12.1 Å². The van der Waals surface area contributed by atoms with Crippen molar-refractivity contribution in [1.29, 1.82) is 0 Å². The van der Waals surface area contributed by atoms with Gasteiger partial charge in [0.1, 0.15) is 0 Å². The Kier molecular flexibility index (Phi) is 5.79. The summed E-state index contributed by atoms with van der Waals surface area (Å²) in [7, 11) is -3.71. The molecule has 3 aromatic rings. The quantitative estimate of drug-likeness (QED) is 0.543. The molecular formula is C26H30N2O4S. The lowest BCUT2D eigenvalue weighted by Crippen LogP contribution is -2.41. The zero-order chi connectivity index (χ0) is 23.2. The van der Waals surface area contributed by atoms with Crippen LogP contribution >= 0.6 is 0 Å². The van der Waals surface area contributed by atoms with Crippen molar-refractivity contribution in [2.75, 3.05) is 6.54 Å². The summed E-state index contributed by atoms with van der Waals surface area (Å²) in [5, 5.41) is 10.0. The Morgan fingerprint density at radius 2 is 1.85 bits per heavy atom. The lowest BCUT2D eigenvalue weighted by Gasteiger charge is -2.35. The predicted molar refractivity (Wildman–Crippen MR) is 128 cm³/mol. The van der Waals surface area contributed by atoms with E-state index in [1.807, 2.05) is 49.5 Å². The number of carbonyl (C=O) groups is 1. The number of hydrogen-bond acceptors (Lipinski definition) is 4. The van der Waals surface area contributed by atoms with Crippen molar-refractivity contribution in [2.45, 2.75) is 68.3 Å². The van der Waals surface area contributed by atoms with Crippen LogP contribution in [0.2, 0.25) is 0 Å². The van der Waals surface area contributed by atoms with E-state index in [2.05, 4.69) is 4.90 Å². The maximum Gasteiger partial charge on any atom is 0.303 e. The van der Waals surface area contributed by atoms with Crippen molar-refractivity contribution in [3.8, 4) is 0 Å². The van der Waals surface area contributed by atoms with Crippen LogP contribution in [-0.4, -0.2) is 47.0 Å². The molecule has 0 aliphatic carbocycles. The molecule has 2 fully saturated rings. The van der Waals surface area contributed by atoms with Gasteiger partial charge >= 0.3 is 5.97 Å². The van der Waals surface area contributed by atoms with Gasteiger partial charge in [0.25, 0.3) is 10.0 Å². The van der Waals surface area contributed by atoms with E-state index in [0.717, 1.165) is 42.3 Å². The molecule has 7 heteroatoms. The molecule has 2 aliphatic rings. The summed E-state index contributed by atoms with van der Waals surface area (Å²) in [4.78, 5) is 13.8. The second kappa shape index (κ2) is 8.61. The fraction of sp³-hybridized carbons (Fsp3) is 0.423. The highest BCUT2D eigenvalue weighted by atomic mass is 32.2. The van der Waals surface area contributed by atoms with Gasteiger partial charge in [0.15, 0.2) is 0 Å². The average molecular weight is 467 g/mol. The molecule has 3 atom stereocenters. The van der Waals surface area contributed by atoms with Gasteiger partial charge in [-0.2, -0.15) is 0 Å². The highest BCUT2D eigenvalue weighted by Gasteiger charge is 2.44. The van der Waals surface area contributed by atoms with Gasteiger partial charge in [-0.1, -0.05) is 42.3 Å². The number of para-hydroxylation sites is 1. The normalized spacial score (nSPS) is 23.2. The lowest BCUT2D eigenvalue weighted by atomic mass is 9.90. The number of aliphatic carboxylic acids is 1. The number of benzene rings is 2. The molecule has 2 bridgehead atoms. The third-order valence-corrected chi connectivity index (χ3v) is 9.10. The average Bonchev–Trinajstić information content (AvgIpc) is 3.26. The summed E-state index contributed by atoms with van der Waals surface area (Å²) in [5.74, 6) is -0.498. The van der Waals surface area contributed by atoms with Gasteiger partial charge in [0, 0.05) is 36.0 Å². The van der Waals surface area contributed by atoms with Crippen LogP contribution in [0.4, 0.5) is 0 Å². The van der Waals surface area contributed by atoms with Crippen molar-refractivity contribution in [2.24, 2.45) is 0 Å². The summed E-state index contributed by atoms with van der Waals surface area (Å²) in [5.41, 5.74) is 2.83. The number of aromatic nitrogens is 1. The van der Waals surface area contributed by atoms with Crippen molar-refractivity contribution < 1.29 is 18.3 Å². The van der Waals surface area contributed by atoms with Crippen LogP contribution in [0.1, 0.15) is 55.6 Å². The Balaban J connectivity index is 1.53. The zero-order valence-corrected chi connectivity index (χ0v) is 19.7. The largest absolute Gasteiger partial charge is 0.481 e. The van der Waals surface area contributed by atoms with E-state index in [0.29, 0.717) is 28.9 Å². The number of aryl methyl sites for hydroxylation is 1. The van der Waals surface area contributed by atoms with Crippen LogP contribution in [-0.2, 0) is 14.8 Å². The molecule has 3 unspecified atom stereocenters. The van der Waals surface area contributed by atoms with E-state index < -0.39 is 16.0 Å². The zero-order valence-electron chi connectivity index (χ0n) is 18.9. The highest BCUT2D eigenvalue weighted by Crippen LogP contribution is 2.47. The highest BCUT2D eigenvalue weighted by molar-refractivity contribution is 7.90. The van der Waals surface area contributed by atoms with Gasteiger partial charge < -0.3 is 5.11 Å². The number of carboxylic acid groups (broad SMARTS) is 1. The Morgan fingerprint density at radius 3 is 2.61 bits per heavy atom. The first-order chi connectivity index (χ1) is 15.9. The van der Waals surface area contributed by atoms with Crippen molar-refractivity contribution >= 4 is 26.9 Å². The van der Waals surface area contributed by atoms with E-state index in [1.165, 1.54) is 10.4 Å². The maximum absolute atomic E-state index is 13.6. The lowest BCUT2D eigenvalue weighted by molar-refractivity contribution is -0.137. The number of fused-ring (bicyclic) bond motifs is 3. The van der Waals surface area contributed by atoms with Crippen LogP contribution in [0, 0.1) is 6.92 Å². The molecule has 0 amide bonds. The minimum absolute atomic E-state index is 0.189. The second-order valence-corrected chi connectivity index (χ2v) is 11.3. The number of piperidine rings is 1. The van der Waals surface area contributed by atoms with E-state index >= 15 is 0 Å². The minimum atomic E-state index is -3.71. The molecule has 33 heavy (non-hydrogen) atoms. The molecule has 2 aliphatic heterocycles. The van der Waals surface area contributed by atoms with Gasteiger partial charge in [0.05, 0.1) is 10.4 Å². The van der Waals surface area contributed by atoms with Crippen LogP contribution < -0.4 is 0 Å². The summed E-state index contributed by atoms with van der Waals surface area (Å²) in [6.45, 7) is 2.73. The summed E-state index contributed by atoms with van der Waals surface area (Å²) in [6, 6.07) is 15.6. The SMILES string of the molecule is Cc1ccc(S(=O)(=O)n2cc(C3CC4CCCC3N4CCCC(=O)O)c3ccccc32)cc1. The molecule has 174 valence electrons. The monoisotopic (exact) mass is 466 g/mol. The molecular weight excluding hydrogens is 436 g/mol. The Bertz CT molecular complexity index is 1280. The van der Waals surface area contributed by atoms with E-state index in [9.17, 15) is 13.2 Å². The molecule has 6 nitrogen and oxygen atoms in total. The first kappa shape index (κ1) is 22.2. The number of nitrogens with zero attached hydrogens (tertiary/aromatic N) is 2. The predicted octanol–water partition coefficient (Wildman–Crippen LogP) is 4.76. The van der Waals surface area contributed by atoms with Crippen LogP contribution in [0.15, 0.2) is 59.6 Å². The van der Waals surface area contributed by atoms with Crippen molar-refractivity contribution in [3.63, 3.8) is 0 Å². The summed E-state index contributed by atoms with van der Waals surface area (Å²) < 4.78 is 28.6. The minimum Gasteiger partial charge on any atom is -0.481 e. The molecule has 0 radical (unpaired) electrons. The topological polar surface area (TPSA) is 79.6 Å². The van der Waals surface area contributed by atoms with Gasteiger partial charge in [0.2, 0.25) is 0 Å². The number of carboxylic acids is 1. The molecule has 5 rings (SSSR count). The summed E-state index contributed by atoms with van der Waals surface area (Å²) in [6.07, 6.45) is 7.05. The fourth-order valence-electron chi connectivity index (χ4n) is 5.89. The molecule has 3 heterocycles. The van der Waals surface area contributed by atoms with Crippen molar-refractivity contribution in [1.82, 2.24) is 8.87 Å². The smallest absolute Gasteiger partial charge is 0.303 e. The van der Waals surface area contributed by atoms with Crippen LogP contribution in [0.5, 0.6) is 0 Å². The first-order valence-corrected chi connectivity index (χ1v) is 13.2. The fourth-order valence-corrected chi connectivity index (χ4v) is 7.27. The van der Waals surface area contributed by atoms with Crippen LogP contribution in [0.25, 0.3) is 10.9 Å². The first-order valence-electron chi connectivity index (χ1n) is 11.8. The molecule has 0 saturated carbocycles. The summed E-state index contributed by atoms with van der Waals surface area (Å²) >= 11 is 0. The second-order valence-electron chi connectivity index (χ2n) is 9.44. The molecule has 0 spiro atoms. The molecule has 2 aromatic carbocycles. The Morgan fingerprint density at radius 1 is 1.09 bits per heavy atom. The van der Waals surface area contributed by atoms with E-state index in [4.69, 9.17) is 5.11 Å². The van der Waals surface area contributed by atoms with Gasteiger partial charge in [-0.3, -0.25) is 9.69 Å². The third kappa shape index (κ3) is 3.97. The van der Waals surface area contributed by atoms with Gasteiger partial charge in [-0.15, -0.1) is 0 Å². The maximum atomic E-state index is 13.6. The van der Waals surface area contributed by atoms with Gasteiger partial charge in [-0.05, 0) is 62.9 Å². The van der Waals surface area contributed by atoms with Crippen molar-refractivity contribution in [3.05, 3.63) is 65.9 Å². The Hall–Kier alpha value is -2.64. The number of hydrogen-bond donors (Lipinski definition) is 1.